The van der Waals surface area contributed by atoms with Crippen molar-refractivity contribution in [2.45, 2.75) is 77.5 Å². The van der Waals surface area contributed by atoms with Gasteiger partial charge in [0.15, 0.2) is 0 Å². The van der Waals surface area contributed by atoms with Gasteiger partial charge in [0, 0.05) is 49.7 Å². The Hall–Kier alpha value is -4.47. The van der Waals surface area contributed by atoms with E-state index in [2.05, 4.69) is 25.2 Å². The summed E-state index contributed by atoms with van der Waals surface area (Å²) in [6.07, 6.45) is 6.24. The van der Waals surface area contributed by atoms with Crippen LogP contribution in [0.15, 0.2) is 48.8 Å². The van der Waals surface area contributed by atoms with E-state index in [1.54, 1.807) is 18.5 Å². The Morgan fingerprint density at radius 1 is 0.780 bits per heavy atom. The Balaban J connectivity index is 0.000000263. The predicted molar refractivity (Wildman–Crippen MR) is 173 cm³/mol. The van der Waals surface area contributed by atoms with E-state index in [9.17, 15) is 32.8 Å². The van der Waals surface area contributed by atoms with E-state index in [-0.39, 0.29) is 40.0 Å². The third kappa shape index (κ3) is 10.0. The number of amides is 6. The molecular formula is C30H44N8O11S. The summed E-state index contributed by atoms with van der Waals surface area (Å²) in [5.41, 5.74) is 6.37. The van der Waals surface area contributed by atoms with Gasteiger partial charge >= 0.3 is 22.5 Å². The van der Waals surface area contributed by atoms with Crippen molar-refractivity contribution in [1.29, 1.82) is 0 Å². The largest absolute Gasteiger partial charge is 0.418 e. The summed E-state index contributed by atoms with van der Waals surface area (Å²) in [6.45, 7) is 1.02. The summed E-state index contributed by atoms with van der Waals surface area (Å²) < 4.78 is 34.8. The lowest BCUT2D eigenvalue weighted by Crippen LogP contribution is -2.49. The van der Waals surface area contributed by atoms with Crippen LogP contribution >= 0.6 is 0 Å². The maximum Gasteiger partial charge on any atom is 0.418 e. The van der Waals surface area contributed by atoms with Crippen LogP contribution in [0.1, 0.15) is 51.9 Å². The number of fused-ring (bicyclic) bond motifs is 4. The quantitative estimate of drug-likeness (QED) is 0.105. The topological polar surface area (TPSA) is 233 Å². The molecule has 4 aliphatic heterocycles. The molecule has 0 aromatic carbocycles. The molecule has 0 saturated carbocycles. The van der Waals surface area contributed by atoms with Gasteiger partial charge in [-0.25, -0.2) is 25.6 Å². The Bertz CT molecular complexity index is 1560. The number of rotatable bonds is 12. The number of urea groups is 2. The lowest BCUT2D eigenvalue weighted by Gasteiger charge is -2.28. The molecule has 276 valence electrons. The molecule has 4 atom stereocenters. The first kappa shape index (κ1) is 40.0. The van der Waals surface area contributed by atoms with Gasteiger partial charge in [-0.05, 0) is 49.9 Å². The first-order valence-corrected chi connectivity index (χ1v) is 16.6. The van der Waals surface area contributed by atoms with Crippen LogP contribution in [-0.4, -0.2) is 122 Å². The van der Waals surface area contributed by atoms with Crippen molar-refractivity contribution in [3.05, 3.63) is 60.2 Å². The Kier molecular flexibility index (Phi) is 14.4. The summed E-state index contributed by atoms with van der Waals surface area (Å²) >= 11 is 0. The molecule has 4 saturated heterocycles. The zero-order valence-electron chi connectivity index (χ0n) is 25.7. The number of hydrogen-bond donors (Lipinski definition) is 4. The predicted octanol–water partition coefficient (Wildman–Crippen LogP) is 1.28. The van der Waals surface area contributed by atoms with Gasteiger partial charge in [0.05, 0.1) is 25.3 Å². The van der Waals surface area contributed by atoms with Gasteiger partial charge < -0.3 is 9.80 Å². The third-order valence-electron chi connectivity index (χ3n) is 8.17. The van der Waals surface area contributed by atoms with Crippen LogP contribution in [0.4, 0.5) is 9.59 Å². The fraction of sp³-hybridized carbons (Fsp3) is 0.533. The fourth-order valence-corrected chi connectivity index (χ4v) is 6.20. The van der Waals surface area contributed by atoms with Gasteiger partial charge in [-0.3, -0.25) is 39.0 Å². The number of carbonyl (C=O) groups excluding carboxylic acids is 4. The highest BCUT2D eigenvalue weighted by Gasteiger charge is 2.49. The Morgan fingerprint density at radius 2 is 1.26 bits per heavy atom. The van der Waals surface area contributed by atoms with Crippen LogP contribution in [0.25, 0.3) is 0 Å². The van der Waals surface area contributed by atoms with E-state index in [4.69, 9.17) is 14.2 Å². The van der Waals surface area contributed by atoms with Gasteiger partial charge in [0.25, 0.3) is 11.8 Å². The maximum atomic E-state index is 12.3. The van der Waals surface area contributed by atoms with E-state index in [0.29, 0.717) is 56.7 Å². The first-order chi connectivity index (χ1) is 23.0. The SMILES string of the molecule is C.C.O=C(NOCCc1ccccn1)[C@@H]1CC[C@@H]2CN1C(=O)N2O.O=C(NOCCc1ccccn1)[C@@H]1CC[C@@H]2CN1C(=O)N2OS(=O)(=O)O. The highest BCUT2D eigenvalue weighted by atomic mass is 32.3. The van der Waals surface area contributed by atoms with Crippen molar-refractivity contribution < 1.29 is 51.3 Å². The first-order valence-electron chi connectivity index (χ1n) is 15.2. The monoisotopic (exact) mass is 724 g/mol. The highest BCUT2D eigenvalue weighted by molar-refractivity contribution is 7.80. The van der Waals surface area contributed by atoms with Crippen molar-refractivity contribution in [3.63, 3.8) is 0 Å². The molecule has 4 fully saturated rings. The second kappa shape index (κ2) is 18.0. The average Bonchev–Trinajstić information content (AvgIpc) is 3.44. The number of nitrogens with zero attached hydrogens (tertiary/aromatic N) is 6. The van der Waals surface area contributed by atoms with Crippen molar-refractivity contribution >= 4 is 34.3 Å². The van der Waals surface area contributed by atoms with E-state index >= 15 is 0 Å². The molecule has 2 aromatic heterocycles. The standard InChI is InChI=1S/C14H18N4O7S.C14H18N4O4.2CH4/c19-13(16-24-8-6-10-3-1-2-7-15-10)12-5-4-11-9-17(12)14(20)18(11)25-26(21,22)23;19-13(16-22-8-6-10-3-1-2-7-15-10)12-5-4-11-9-17(12)14(20)18(11)21;;/h1-3,7,11-12H,4-6,8-9H2,(H,16,19)(H,21,22,23);1-3,7,11-12,21H,4-6,8-9H2,(H,16,19);2*1H4/t2*11-,12+;;/m11../s1. The van der Waals surface area contributed by atoms with E-state index in [1.807, 2.05) is 30.3 Å². The molecule has 50 heavy (non-hydrogen) atoms. The van der Waals surface area contributed by atoms with Gasteiger partial charge in [0.2, 0.25) is 0 Å². The number of pyridine rings is 2. The summed E-state index contributed by atoms with van der Waals surface area (Å²) in [7, 11) is -4.81. The van der Waals surface area contributed by atoms with Gasteiger partial charge in [-0.1, -0.05) is 27.0 Å². The molecule has 6 heterocycles. The van der Waals surface area contributed by atoms with Gasteiger partial charge in [-0.15, -0.1) is 4.28 Å². The second-order valence-corrected chi connectivity index (χ2v) is 12.3. The van der Waals surface area contributed by atoms with Crippen LogP contribution in [0.2, 0.25) is 0 Å². The molecule has 0 radical (unpaired) electrons. The fourth-order valence-electron chi connectivity index (χ4n) is 5.81. The Morgan fingerprint density at radius 3 is 1.74 bits per heavy atom. The number of hydrogen-bond acceptors (Lipinski definition) is 12. The van der Waals surface area contributed by atoms with E-state index in [1.165, 1.54) is 9.80 Å². The van der Waals surface area contributed by atoms with Crippen LogP contribution in [-0.2, 0) is 46.8 Å². The molecule has 20 heteroatoms. The second-order valence-electron chi connectivity index (χ2n) is 11.3. The normalized spacial score (nSPS) is 22.2. The molecular weight excluding hydrogens is 680 g/mol. The molecule has 0 unspecified atom stereocenters. The van der Waals surface area contributed by atoms with Crippen LogP contribution in [0, 0.1) is 0 Å². The molecule has 4 N–H and O–H groups in total. The molecule has 0 aliphatic carbocycles. The molecule has 4 bridgehead atoms. The summed E-state index contributed by atoms with van der Waals surface area (Å²) in [4.78, 5) is 69.5. The number of carbonyl (C=O) groups is 4. The molecule has 6 amide bonds. The van der Waals surface area contributed by atoms with E-state index < -0.39 is 46.5 Å². The van der Waals surface area contributed by atoms with Gasteiger partial charge in [0.1, 0.15) is 12.1 Å². The summed E-state index contributed by atoms with van der Waals surface area (Å²) in [5, 5.41) is 10.9. The smallest absolute Gasteiger partial charge is 0.309 e. The van der Waals surface area contributed by atoms with Crippen molar-refractivity contribution in [2.24, 2.45) is 0 Å². The van der Waals surface area contributed by atoms with Crippen molar-refractivity contribution in [1.82, 2.24) is 40.9 Å². The zero-order chi connectivity index (χ0) is 34.3. The summed E-state index contributed by atoms with van der Waals surface area (Å²) in [5.74, 6) is -0.866. The van der Waals surface area contributed by atoms with Crippen LogP contribution in [0.3, 0.4) is 0 Å². The van der Waals surface area contributed by atoms with Crippen molar-refractivity contribution in [2.75, 3.05) is 26.3 Å². The van der Waals surface area contributed by atoms with E-state index in [0.717, 1.165) is 16.5 Å². The minimum atomic E-state index is -4.81. The lowest BCUT2D eigenvalue weighted by atomic mass is 10.0. The molecule has 19 nitrogen and oxygen atoms in total. The van der Waals surface area contributed by atoms with Crippen LogP contribution < -0.4 is 11.0 Å². The van der Waals surface area contributed by atoms with Crippen LogP contribution in [0.5, 0.6) is 0 Å². The molecule has 6 rings (SSSR count). The number of nitrogens with one attached hydrogen (secondary N) is 2. The summed E-state index contributed by atoms with van der Waals surface area (Å²) in [6, 6.07) is 7.63. The van der Waals surface area contributed by atoms with Gasteiger partial charge in [-0.2, -0.15) is 13.5 Å². The molecule has 2 aromatic rings. The number of hydroxylamine groups is 6. The Labute approximate surface area is 290 Å². The lowest BCUT2D eigenvalue weighted by molar-refractivity contribution is -0.139. The minimum absolute atomic E-state index is 0. The maximum absolute atomic E-state index is 12.3. The van der Waals surface area contributed by atoms with Crippen molar-refractivity contribution in [3.8, 4) is 0 Å². The third-order valence-corrected chi connectivity index (χ3v) is 8.51. The minimum Gasteiger partial charge on any atom is -0.309 e. The number of aromatic nitrogens is 2. The number of piperidine rings is 2. The molecule has 0 spiro atoms. The highest BCUT2D eigenvalue weighted by Crippen LogP contribution is 2.31. The molecule has 4 aliphatic rings. The zero-order valence-corrected chi connectivity index (χ0v) is 26.5. The average molecular weight is 725 g/mol.